The highest BCUT2D eigenvalue weighted by Crippen LogP contribution is 2.24. The topological polar surface area (TPSA) is 97.1 Å². The zero-order valence-corrected chi connectivity index (χ0v) is 13.3. The Labute approximate surface area is 139 Å². The molecule has 1 fully saturated rings. The fourth-order valence-corrected chi connectivity index (χ4v) is 3.02. The number of carbonyl (C=O) groups is 2. The average molecular weight is 328 g/mol. The maximum atomic E-state index is 12.1. The van der Waals surface area contributed by atoms with Crippen LogP contribution in [0.25, 0.3) is 11.3 Å². The highest BCUT2D eigenvalue weighted by atomic mass is 16.4. The highest BCUT2D eigenvalue weighted by molar-refractivity contribution is 5.76. The molecule has 1 aromatic heterocycles. The lowest BCUT2D eigenvalue weighted by molar-refractivity contribution is -0.142. The molecule has 24 heavy (non-hydrogen) atoms. The van der Waals surface area contributed by atoms with Gasteiger partial charge in [-0.25, -0.2) is 4.68 Å². The molecular formula is C17H20N4O3. The van der Waals surface area contributed by atoms with Crippen molar-refractivity contribution in [1.82, 2.24) is 20.3 Å². The lowest BCUT2D eigenvalue weighted by atomic mass is 9.86. The van der Waals surface area contributed by atoms with Gasteiger partial charge in [0.25, 0.3) is 0 Å². The number of aromatic nitrogens is 3. The highest BCUT2D eigenvalue weighted by Gasteiger charge is 2.26. The fraction of sp³-hybridized carbons (Fsp3) is 0.412. The summed E-state index contributed by atoms with van der Waals surface area (Å²) in [6, 6.07) is 9.71. The van der Waals surface area contributed by atoms with Crippen molar-refractivity contribution in [3.05, 3.63) is 36.5 Å². The Morgan fingerprint density at radius 3 is 2.54 bits per heavy atom. The first kappa shape index (κ1) is 16.2. The van der Waals surface area contributed by atoms with E-state index in [9.17, 15) is 9.59 Å². The smallest absolute Gasteiger partial charge is 0.306 e. The zero-order valence-electron chi connectivity index (χ0n) is 13.3. The lowest BCUT2D eigenvalue weighted by Crippen LogP contribution is -2.40. The number of hydrogen-bond acceptors (Lipinski definition) is 4. The molecule has 126 valence electrons. The summed E-state index contributed by atoms with van der Waals surface area (Å²) in [5.74, 6) is -1.14. The Bertz CT molecular complexity index is 706. The van der Waals surface area contributed by atoms with Crippen LogP contribution in [0.15, 0.2) is 36.5 Å². The quantitative estimate of drug-likeness (QED) is 0.871. The molecule has 0 bridgehead atoms. The summed E-state index contributed by atoms with van der Waals surface area (Å²) in [5, 5.41) is 20.0. The van der Waals surface area contributed by atoms with Gasteiger partial charge in [-0.05, 0) is 25.7 Å². The molecule has 2 aromatic rings. The number of aliphatic carboxylic acids is 1. The minimum absolute atomic E-state index is 0.0465. The van der Waals surface area contributed by atoms with Crippen molar-refractivity contribution in [2.45, 2.75) is 38.3 Å². The van der Waals surface area contributed by atoms with Gasteiger partial charge < -0.3 is 10.4 Å². The number of hydrogen-bond donors (Lipinski definition) is 2. The fourth-order valence-electron chi connectivity index (χ4n) is 3.02. The average Bonchev–Trinajstić information content (AvgIpc) is 3.04. The Balaban J connectivity index is 1.51. The molecule has 0 atom stereocenters. The van der Waals surface area contributed by atoms with Gasteiger partial charge in [0.15, 0.2) is 0 Å². The van der Waals surface area contributed by atoms with Gasteiger partial charge in [-0.2, -0.15) is 0 Å². The van der Waals surface area contributed by atoms with E-state index >= 15 is 0 Å². The third-order valence-electron chi connectivity index (χ3n) is 4.36. The molecule has 1 aliphatic carbocycles. The van der Waals surface area contributed by atoms with E-state index in [1.54, 1.807) is 6.20 Å². The molecule has 0 radical (unpaired) electrons. The Kier molecular flexibility index (Phi) is 4.88. The maximum Gasteiger partial charge on any atom is 0.306 e. The predicted octanol–water partition coefficient (Wildman–Crippen LogP) is 1.70. The molecule has 1 heterocycles. The van der Waals surface area contributed by atoms with E-state index in [1.165, 1.54) is 4.68 Å². The standard InChI is InChI=1S/C17H20N4O3/c22-16(18-14-8-6-13(7-9-14)17(23)24)11-21-10-15(19-20-21)12-4-2-1-3-5-12/h1-5,10,13-14H,6-9,11H2,(H,18,22)(H,23,24). The summed E-state index contributed by atoms with van der Waals surface area (Å²) >= 11 is 0. The van der Waals surface area contributed by atoms with Crippen LogP contribution in [0.3, 0.4) is 0 Å². The molecule has 3 rings (SSSR count). The number of carbonyl (C=O) groups excluding carboxylic acids is 1. The summed E-state index contributed by atoms with van der Waals surface area (Å²) in [6.45, 7) is 0.110. The van der Waals surface area contributed by atoms with E-state index in [-0.39, 0.29) is 24.4 Å². The number of amides is 1. The largest absolute Gasteiger partial charge is 0.481 e. The summed E-state index contributed by atoms with van der Waals surface area (Å²) < 4.78 is 1.51. The second kappa shape index (κ2) is 7.25. The second-order valence-electron chi connectivity index (χ2n) is 6.12. The number of carboxylic acids is 1. The summed E-state index contributed by atoms with van der Waals surface area (Å²) in [6.07, 6.45) is 4.38. The van der Waals surface area contributed by atoms with Crippen molar-refractivity contribution >= 4 is 11.9 Å². The monoisotopic (exact) mass is 328 g/mol. The molecule has 7 heteroatoms. The molecule has 1 aromatic carbocycles. The SMILES string of the molecule is O=C(Cn1cc(-c2ccccc2)nn1)NC1CCC(C(=O)O)CC1. The molecular weight excluding hydrogens is 308 g/mol. The maximum absolute atomic E-state index is 12.1. The van der Waals surface area contributed by atoms with Crippen LogP contribution >= 0.6 is 0 Å². The first-order valence-corrected chi connectivity index (χ1v) is 8.09. The van der Waals surface area contributed by atoms with E-state index < -0.39 is 5.97 Å². The molecule has 0 spiro atoms. The van der Waals surface area contributed by atoms with Crippen LogP contribution in [0, 0.1) is 5.92 Å². The van der Waals surface area contributed by atoms with Crippen LogP contribution < -0.4 is 5.32 Å². The van der Waals surface area contributed by atoms with Gasteiger partial charge in [0, 0.05) is 11.6 Å². The van der Waals surface area contributed by atoms with E-state index in [2.05, 4.69) is 15.6 Å². The first-order valence-electron chi connectivity index (χ1n) is 8.09. The van der Waals surface area contributed by atoms with Gasteiger partial charge >= 0.3 is 5.97 Å². The zero-order chi connectivity index (χ0) is 16.9. The van der Waals surface area contributed by atoms with Crippen LogP contribution in [-0.4, -0.2) is 38.0 Å². The van der Waals surface area contributed by atoms with Crippen molar-refractivity contribution in [2.75, 3.05) is 0 Å². The van der Waals surface area contributed by atoms with E-state index in [4.69, 9.17) is 5.11 Å². The Morgan fingerprint density at radius 2 is 1.88 bits per heavy atom. The van der Waals surface area contributed by atoms with E-state index in [1.807, 2.05) is 30.3 Å². The summed E-state index contributed by atoms with van der Waals surface area (Å²) in [4.78, 5) is 23.1. The van der Waals surface area contributed by atoms with E-state index in [0.29, 0.717) is 25.7 Å². The van der Waals surface area contributed by atoms with Crippen molar-refractivity contribution in [1.29, 1.82) is 0 Å². The summed E-state index contributed by atoms with van der Waals surface area (Å²) in [7, 11) is 0. The third-order valence-corrected chi connectivity index (χ3v) is 4.36. The minimum atomic E-state index is -0.740. The Morgan fingerprint density at radius 1 is 1.17 bits per heavy atom. The second-order valence-corrected chi connectivity index (χ2v) is 6.12. The van der Waals surface area contributed by atoms with Crippen molar-refractivity contribution in [3.8, 4) is 11.3 Å². The van der Waals surface area contributed by atoms with Crippen molar-refractivity contribution in [2.24, 2.45) is 5.92 Å². The normalized spacial score (nSPS) is 20.5. The molecule has 1 saturated carbocycles. The molecule has 0 saturated heterocycles. The first-order chi connectivity index (χ1) is 11.6. The Hall–Kier alpha value is -2.70. The molecule has 1 amide bonds. The number of nitrogens with zero attached hydrogens (tertiary/aromatic N) is 3. The van der Waals surface area contributed by atoms with Gasteiger partial charge in [-0.15, -0.1) is 5.10 Å². The van der Waals surface area contributed by atoms with Gasteiger partial charge in [-0.1, -0.05) is 35.5 Å². The van der Waals surface area contributed by atoms with Crippen LogP contribution in [0.4, 0.5) is 0 Å². The van der Waals surface area contributed by atoms with Gasteiger partial charge in [-0.3, -0.25) is 9.59 Å². The third kappa shape index (κ3) is 3.98. The number of carboxylic acid groups (broad SMARTS) is 1. The molecule has 2 N–H and O–H groups in total. The molecule has 1 aliphatic rings. The predicted molar refractivity (Wildman–Crippen MR) is 87.0 cm³/mol. The molecule has 7 nitrogen and oxygen atoms in total. The summed E-state index contributed by atoms with van der Waals surface area (Å²) in [5.41, 5.74) is 1.68. The van der Waals surface area contributed by atoms with Gasteiger partial charge in [0.2, 0.25) is 5.91 Å². The van der Waals surface area contributed by atoms with Crippen LogP contribution in [-0.2, 0) is 16.1 Å². The van der Waals surface area contributed by atoms with Crippen molar-refractivity contribution in [3.63, 3.8) is 0 Å². The van der Waals surface area contributed by atoms with Crippen LogP contribution in [0.2, 0.25) is 0 Å². The van der Waals surface area contributed by atoms with Crippen molar-refractivity contribution < 1.29 is 14.7 Å². The molecule has 0 aliphatic heterocycles. The van der Waals surface area contributed by atoms with Gasteiger partial charge in [0.05, 0.1) is 12.1 Å². The number of nitrogens with one attached hydrogen (secondary N) is 1. The number of benzene rings is 1. The van der Waals surface area contributed by atoms with Gasteiger partial charge in [0.1, 0.15) is 12.2 Å². The van der Waals surface area contributed by atoms with E-state index in [0.717, 1.165) is 11.3 Å². The molecule has 0 unspecified atom stereocenters. The lowest BCUT2D eigenvalue weighted by Gasteiger charge is -2.26. The number of rotatable bonds is 5. The van der Waals surface area contributed by atoms with Crippen LogP contribution in [0.1, 0.15) is 25.7 Å². The minimum Gasteiger partial charge on any atom is -0.481 e. The van der Waals surface area contributed by atoms with Crippen LogP contribution in [0.5, 0.6) is 0 Å².